The number of benzene rings is 12. The Hall–Kier alpha value is -13.1. The molecule has 0 saturated heterocycles. The molecule has 9 aromatic heterocycles. The summed E-state index contributed by atoms with van der Waals surface area (Å²) >= 11 is 0. The number of pyridine rings is 6. The summed E-state index contributed by atoms with van der Waals surface area (Å²) in [6, 6.07) is 132. The van der Waals surface area contributed by atoms with Gasteiger partial charge in [0.25, 0.3) is 0 Å². The molecule has 0 unspecified atom stereocenters. The van der Waals surface area contributed by atoms with E-state index in [4.69, 9.17) is 0 Å². The van der Waals surface area contributed by atoms with Crippen molar-refractivity contribution in [3.63, 3.8) is 0 Å². The predicted molar refractivity (Wildman–Crippen MR) is 539 cm³/mol. The van der Waals surface area contributed by atoms with E-state index < -0.39 is 0 Å². The second-order valence-corrected chi connectivity index (χ2v) is 34.2. The number of para-hydroxylation sites is 3. The van der Waals surface area contributed by atoms with Gasteiger partial charge in [-0.15, -0.1) is 179 Å². The SMILES string of the molecule is Cc1cc(-c2[c-]cccc2)ncc1-c1ccccc1.Cc1cc(-c2[c-]cccc2)ncc1-c1ccccc1.Cc1cc(-c2[c-]cccc2)ncc1-c1ccccc1.Cc1ccc(-c2[c-]ccc3c4ccccc4n(CC(C)C)c23)nc1.Cc1ccnc(-c2[c-]cc3c(c2)c2ccccc2n3CC(C)C)c1.Cc1ccnc(-c2[c-]cc3c4ccccc4n(CC(C)C)c3c2)c1.[Ir].[Ir].[Ir]. The van der Waals surface area contributed by atoms with E-state index in [-0.39, 0.29) is 60.3 Å². The van der Waals surface area contributed by atoms with Gasteiger partial charge in [0.2, 0.25) is 0 Å². The van der Waals surface area contributed by atoms with Crippen LogP contribution in [-0.4, -0.2) is 43.6 Å². The molecular weight excluding hydrogens is 2140 g/mol. The van der Waals surface area contributed by atoms with E-state index in [9.17, 15) is 0 Å². The molecule has 0 fully saturated rings. The third-order valence-electron chi connectivity index (χ3n) is 22.9. The first-order chi connectivity index (χ1) is 62.9. The molecule has 0 aliphatic carbocycles. The molecule has 0 aliphatic rings. The normalized spacial score (nSPS) is 10.8. The zero-order valence-corrected chi connectivity index (χ0v) is 83.7. The van der Waals surface area contributed by atoms with Gasteiger partial charge in [0.15, 0.2) is 0 Å². The van der Waals surface area contributed by atoms with Crippen LogP contribution in [0, 0.1) is 95.7 Å². The van der Waals surface area contributed by atoms with E-state index in [0.717, 1.165) is 87.2 Å². The van der Waals surface area contributed by atoms with Crippen LogP contribution in [0.2, 0.25) is 0 Å². The standard InChI is InChI=1S/3C22H21N2.3C18H14N.3Ir/c1-15(2)14-24-21-10-5-4-7-17(21)18-8-6-9-19(22(18)24)20-12-11-16(3)13-23-20;1-15(2)14-24-21-7-5-4-6-18(21)19-13-17(8-9-22(19)24)20-12-16(3)10-11-23-20;1-15(2)14-24-21-7-5-4-6-18(21)19-9-8-17(13-22(19)24)20-12-16(3)10-11-23-20;3*1-14-12-18(16-10-6-3-7-11-16)19-13-17(14)15-8-4-2-5-9-15;;;/h4-8,10-13,15H,14H2,1-3H3;2*4-7,9-13,15H,14H2,1-3H3;3*2-10,12-13H,1H3;;;/q6*-1;;;. The van der Waals surface area contributed by atoms with Gasteiger partial charge in [0.05, 0.1) is 0 Å². The van der Waals surface area contributed by atoms with Crippen LogP contribution in [-0.2, 0) is 80.0 Å². The van der Waals surface area contributed by atoms with E-state index >= 15 is 0 Å². The number of aryl methyl sites for hydroxylation is 6. The quantitative estimate of drug-likeness (QED) is 0.0950. The molecule has 132 heavy (non-hydrogen) atoms. The maximum absolute atomic E-state index is 4.64. The molecule has 21 aromatic rings. The van der Waals surface area contributed by atoms with Crippen LogP contribution in [0.4, 0.5) is 0 Å². The Morgan fingerprint density at radius 2 is 0.621 bits per heavy atom. The molecular formula is C120H105Ir3N9-6. The zero-order chi connectivity index (χ0) is 89.3. The van der Waals surface area contributed by atoms with Crippen molar-refractivity contribution in [2.24, 2.45) is 17.8 Å². The number of hydrogen-bond acceptors (Lipinski definition) is 6. The monoisotopic (exact) mass is 2250 g/mol. The van der Waals surface area contributed by atoms with E-state index in [1.165, 1.54) is 132 Å². The van der Waals surface area contributed by atoms with Gasteiger partial charge in [-0.25, -0.2) is 0 Å². The maximum atomic E-state index is 4.64. The van der Waals surface area contributed by atoms with Gasteiger partial charge >= 0.3 is 0 Å². The molecule has 0 amide bonds. The summed E-state index contributed by atoms with van der Waals surface area (Å²) in [4.78, 5) is 27.3. The summed E-state index contributed by atoms with van der Waals surface area (Å²) in [7, 11) is 0. The molecule has 0 atom stereocenters. The molecule has 21 rings (SSSR count). The van der Waals surface area contributed by atoms with Crippen LogP contribution in [0.1, 0.15) is 74.9 Å². The maximum Gasteiger partial charge on any atom is 0.0391 e. The van der Waals surface area contributed by atoms with Gasteiger partial charge in [-0.05, 0) is 195 Å². The summed E-state index contributed by atoms with van der Waals surface area (Å²) in [5, 5.41) is 7.73. The van der Waals surface area contributed by atoms with E-state index in [1.54, 1.807) is 0 Å². The van der Waals surface area contributed by atoms with Crippen molar-refractivity contribution < 1.29 is 60.3 Å². The van der Waals surface area contributed by atoms with Crippen LogP contribution in [0.3, 0.4) is 0 Å². The number of hydrogen-bond donors (Lipinski definition) is 0. The van der Waals surface area contributed by atoms with Crippen molar-refractivity contribution in [2.75, 3.05) is 0 Å². The summed E-state index contributed by atoms with van der Waals surface area (Å²) in [5.41, 5.74) is 34.3. The van der Waals surface area contributed by atoms with Crippen molar-refractivity contribution in [1.29, 1.82) is 0 Å². The fraction of sp³-hybridized carbons (Fsp3) is 0.150. The smallest absolute Gasteiger partial charge is 0.0391 e. The van der Waals surface area contributed by atoms with Gasteiger partial charge in [0.1, 0.15) is 0 Å². The third kappa shape index (κ3) is 23.1. The Morgan fingerprint density at radius 3 is 1.03 bits per heavy atom. The van der Waals surface area contributed by atoms with E-state index in [0.29, 0.717) is 17.8 Å². The zero-order valence-electron chi connectivity index (χ0n) is 76.5. The Bertz CT molecular complexity index is 7060. The topological polar surface area (TPSA) is 92.1 Å². The van der Waals surface area contributed by atoms with Gasteiger partial charge in [-0.3, -0.25) is 0 Å². The van der Waals surface area contributed by atoms with Gasteiger partial charge < -0.3 is 43.6 Å². The first-order valence-corrected chi connectivity index (χ1v) is 44.5. The Labute approximate surface area is 818 Å². The number of rotatable bonds is 15. The average Bonchev–Trinajstić information content (AvgIpc) is 1.64. The van der Waals surface area contributed by atoms with Gasteiger partial charge in [-0.1, -0.05) is 257 Å². The second kappa shape index (κ2) is 45.6. The van der Waals surface area contributed by atoms with E-state index in [1.807, 2.05) is 183 Å². The van der Waals surface area contributed by atoms with Crippen LogP contribution in [0.5, 0.6) is 0 Å². The minimum atomic E-state index is 0. The molecule has 0 N–H and O–H groups in total. The van der Waals surface area contributed by atoms with Crippen LogP contribution in [0.15, 0.2) is 365 Å². The molecule has 0 aliphatic heterocycles. The van der Waals surface area contributed by atoms with Crippen molar-refractivity contribution in [3.8, 4) is 101 Å². The molecule has 12 heteroatoms. The number of aromatic nitrogens is 9. The van der Waals surface area contributed by atoms with Crippen molar-refractivity contribution in [1.82, 2.24) is 43.6 Å². The molecule has 0 spiro atoms. The summed E-state index contributed by atoms with van der Waals surface area (Å²) in [6.45, 7) is 29.2. The minimum absolute atomic E-state index is 0. The molecule has 0 saturated carbocycles. The van der Waals surface area contributed by atoms with Crippen molar-refractivity contribution in [2.45, 2.75) is 103 Å². The fourth-order valence-corrected chi connectivity index (χ4v) is 16.7. The predicted octanol–water partition coefficient (Wildman–Crippen LogP) is 30.4. The third-order valence-corrected chi connectivity index (χ3v) is 22.9. The second-order valence-electron chi connectivity index (χ2n) is 34.2. The Balaban J connectivity index is 0.000000134. The molecule has 0 bridgehead atoms. The Kier molecular flexibility index (Phi) is 33.3. The van der Waals surface area contributed by atoms with E-state index in [2.05, 4.69) is 345 Å². The number of fused-ring (bicyclic) bond motifs is 9. The molecule has 9 heterocycles. The van der Waals surface area contributed by atoms with Crippen molar-refractivity contribution >= 4 is 65.4 Å². The first-order valence-electron chi connectivity index (χ1n) is 44.5. The summed E-state index contributed by atoms with van der Waals surface area (Å²) in [6.07, 6.45) is 11.5. The summed E-state index contributed by atoms with van der Waals surface area (Å²) in [5.74, 6) is 1.76. The minimum Gasteiger partial charge on any atom is -0.380 e. The van der Waals surface area contributed by atoms with Gasteiger partial charge in [0, 0.05) is 150 Å². The average molecular weight is 2250 g/mol. The molecule has 3 radical (unpaired) electrons. The largest absolute Gasteiger partial charge is 0.380 e. The first kappa shape index (κ1) is 96.4. The molecule has 9 nitrogen and oxygen atoms in total. The summed E-state index contributed by atoms with van der Waals surface area (Å²) < 4.78 is 7.28. The van der Waals surface area contributed by atoms with Crippen molar-refractivity contribution in [3.05, 3.63) is 435 Å². The fourth-order valence-electron chi connectivity index (χ4n) is 16.7. The molecule has 12 aromatic carbocycles. The number of nitrogens with zero attached hydrogens (tertiary/aromatic N) is 9. The van der Waals surface area contributed by atoms with Crippen LogP contribution >= 0.6 is 0 Å². The van der Waals surface area contributed by atoms with Crippen LogP contribution in [0.25, 0.3) is 166 Å². The Morgan fingerprint density at radius 1 is 0.250 bits per heavy atom. The van der Waals surface area contributed by atoms with Gasteiger partial charge in [-0.2, -0.15) is 0 Å². The van der Waals surface area contributed by atoms with Crippen LogP contribution < -0.4 is 0 Å². The molecule has 663 valence electrons.